The number of hydrogen-bond acceptors (Lipinski definition) is 9. The number of methoxy groups -OCH3 is 1. The number of aryl methyl sites for hydroxylation is 1. The normalized spacial score (nSPS) is 28.9. The van der Waals surface area contributed by atoms with E-state index in [9.17, 15) is 4.79 Å². The molecule has 3 unspecified atom stereocenters. The van der Waals surface area contributed by atoms with E-state index in [4.69, 9.17) is 19.8 Å². The Morgan fingerprint density at radius 3 is 2.75 bits per heavy atom. The third kappa shape index (κ3) is 4.38. The van der Waals surface area contributed by atoms with Crippen molar-refractivity contribution >= 4 is 41.1 Å². The molecule has 10 heteroatoms. The maximum Gasteiger partial charge on any atom is 0.471 e. The SMILES string of the molecule is COc1ccc(C[C@H](SCCc2nnc(N)s2)B2OC3CC4CC(C4(C)C)[C@]3(C)O2)c(C)c1C(C)=O. The van der Waals surface area contributed by atoms with Crippen molar-refractivity contribution < 1.29 is 18.8 Å². The highest BCUT2D eigenvalue weighted by Crippen LogP contribution is 2.66. The summed E-state index contributed by atoms with van der Waals surface area (Å²) in [6, 6.07) is 3.98. The largest absolute Gasteiger partial charge is 0.496 e. The average molecular weight is 530 g/mol. The van der Waals surface area contributed by atoms with E-state index in [-0.39, 0.29) is 29.8 Å². The predicted octanol–water partition coefficient (Wildman–Crippen LogP) is 4.79. The highest BCUT2D eigenvalue weighted by atomic mass is 32.2. The van der Waals surface area contributed by atoms with Crippen molar-refractivity contribution in [2.24, 2.45) is 17.3 Å². The fraction of sp³-hybridized carbons (Fsp3) is 0.654. The summed E-state index contributed by atoms with van der Waals surface area (Å²) in [5.74, 6) is 2.71. The fourth-order valence-corrected chi connectivity index (χ4v) is 8.66. The zero-order valence-corrected chi connectivity index (χ0v) is 23.6. The number of nitrogen functional groups attached to an aromatic ring is 1. The first-order chi connectivity index (χ1) is 17.0. The molecule has 0 amide bonds. The summed E-state index contributed by atoms with van der Waals surface area (Å²) >= 11 is 3.28. The van der Waals surface area contributed by atoms with Gasteiger partial charge < -0.3 is 19.8 Å². The van der Waals surface area contributed by atoms with Crippen LogP contribution in [-0.2, 0) is 22.2 Å². The number of hydrogen-bond donors (Lipinski definition) is 1. The van der Waals surface area contributed by atoms with Gasteiger partial charge in [0.15, 0.2) is 5.78 Å². The summed E-state index contributed by atoms with van der Waals surface area (Å²) in [6.45, 7) is 10.6. The first kappa shape index (κ1) is 26.0. The first-order valence-electron chi connectivity index (χ1n) is 12.7. The van der Waals surface area contributed by atoms with E-state index in [1.54, 1.807) is 14.0 Å². The van der Waals surface area contributed by atoms with Gasteiger partial charge in [0.2, 0.25) is 5.13 Å². The Morgan fingerprint density at radius 2 is 2.11 bits per heavy atom. The van der Waals surface area contributed by atoms with Crippen molar-refractivity contribution in [1.82, 2.24) is 10.2 Å². The van der Waals surface area contributed by atoms with Crippen LogP contribution in [0.2, 0.25) is 0 Å². The van der Waals surface area contributed by atoms with Gasteiger partial charge in [0.25, 0.3) is 0 Å². The molecule has 2 heterocycles. The van der Waals surface area contributed by atoms with E-state index < -0.39 is 0 Å². The second-order valence-electron chi connectivity index (χ2n) is 11.2. The van der Waals surface area contributed by atoms with Gasteiger partial charge in [-0.05, 0) is 80.2 Å². The van der Waals surface area contributed by atoms with Gasteiger partial charge in [-0.15, -0.1) is 10.2 Å². The molecule has 7 nitrogen and oxygen atoms in total. The number of nitrogens with two attached hydrogens (primary N) is 1. The number of nitrogens with zero attached hydrogens (tertiary/aromatic N) is 2. The molecule has 3 aliphatic carbocycles. The van der Waals surface area contributed by atoms with Crippen LogP contribution in [0.4, 0.5) is 5.13 Å². The highest BCUT2D eigenvalue weighted by Gasteiger charge is 2.68. The molecular formula is C26H36BN3O4S2. The molecule has 36 heavy (non-hydrogen) atoms. The molecule has 4 aliphatic rings. The Labute approximate surface area is 222 Å². The van der Waals surface area contributed by atoms with Crippen LogP contribution in [0.15, 0.2) is 12.1 Å². The van der Waals surface area contributed by atoms with E-state index in [1.165, 1.54) is 17.8 Å². The molecule has 6 rings (SSSR count). The van der Waals surface area contributed by atoms with Crippen molar-refractivity contribution in [3.8, 4) is 5.75 Å². The number of carbonyl (C=O) groups excluding carboxylic acids is 1. The summed E-state index contributed by atoms with van der Waals surface area (Å²) in [4.78, 5) is 12.4. The van der Waals surface area contributed by atoms with Gasteiger partial charge in [0.1, 0.15) is 10.8 Å². The van der Waals surface area contributed by atoms with Gasteiger partial charge in [-0.25, -0.2) is 0 Å². The van der Waals surface area contributed by atoms with Crippen molar-refractivity contribution in [3.63, 3.8) is 0 Å². The Balaban J connectivity index is 1.39. The molecule has 2 aromatic rings. The molecule has 1 aromatic heterocycles. The minimum Gasteiger partial charge on any atom is -0.496 e. The lowest BCUT2D eigenvalue weighted by Crippen LogP contribution is -2.65. The van der Waals surface area contributed by atoms with Crippen LogP contribution in [0, 0.1) is 24.2 Å². The molecule has 0 radical (unpaired) electrons. The molecular weight excluding hydrogens is 493 g/mol. The van der Waals surface area contributed by atoms with Gasteiger partial charge >= 0.3 is 7.12 Å². The Hall–Kier alpha value is -1.62. The first-order valence-corrected chi connectivity index (χ1v) is 14.6. The quantitative estimate of drug-likeness (QED) is 0.366. The van der Waals surface area contributed by atoms with Crippen molar-refractivity contribution in [3.05, 3.63) is 33.8 Å². The van der Waals surface area contributed by atoms with Crippen LogP contribution in [0.1, 0.15) is 67.0 Å². The summed E-state index contributed by atoms with van der Waals surface area (Å²) < 4.78 is 19.0. The standard InChI is InChI=1S/C26H36BN3O4S2/c1-14-16(7-8-18(32-6)23(14)15(2)31)11-21(35-10-9-22-29-30-24(28)36-22)27-33-20-13-17-12-19(25(17,3)4)26(20,5)34-27/h7-8,17,19-21H,9-13H2,1-6H3,(H2,28,30)/t17?,19?,20?,21-,26-/m0/s1. The lowest BCUT2D eigenvalue weighted by atomic mass is 9.43. The zero-order chi connectivity index (χ0) is 25.8. The number of Topliss-reactive ketones (excluding diaryl/α,β-unsaturated/α-hetero) is 1. The summed E-state index contributed by atoms with van der Waals surface area (Å²) in [5, 5.41) is 9.63. The summed E-state index contributed by atoms with van der Waals surface area (Å²) in [5.41, 5.74) is 8.56. The summed E-state index contributed by atoms with van der Waals surface area (Å²) in [6.07, 6.45) is 3.96. The van der Waals surface area contributed by atoms with E-state index in [2.05, 4.69) is 37.0 Å². The molecule has 5 atom stereocenters. The maximum absolute atomic E-state index is 12.4. The summed E-state index contributed by atoms with van der Waals surface area (Å²) in [7, 11) is 1.30. The monoisotopic (exact) mass is 529 g/mol. The smallest absolute Gasteiger partial charge is 0.471 e. The van der Waals surface area contributed by atoms with E-state index in [0.29, 0.717) is 33.7 Å². The number of aromatic nitrogens is 2. The lowest BCUT2D eigenvalue weighted by Gasteiger charge is -2.64. The van der Waals surface area contributed by atoms with Gasteiger partial charge in [0, 0.05) is 11.6 Å². The highest BCUT2D eigenvalue weighted by molar-refractivity contribution is 8.01. The van der Waals surface area contributed by atoms with E-state index >= 15 is 0 Å². The zero-order valence-electron chi connectivity index (χ0n) is 22.0. The molecule has 194 valence electrons. The molecule has 1 aliphatic heterocycles. The number of benzene rings is 1. The molecule has 2 bridgehead atoms. The third-order valence-electron chi connectivity index (χ3n) is 8.93. The lowest BCUT2D eigenvalue weighted by molar-refractivity contribution is -0.199. The topological polar surface area (TPSA) is 96.6 Å². The van der Waals surface area contributed by atoms with Crippen molar-refractivity contribution in [1.29, 1.82) is 0 Å². The second kappa shape index (κ2) is 9.60. The van der Waals surface area contributed by atoms with Gasteiger partial charge in [-0.2, -0.15) is 11.8 Å². The second-order valence-corrected chi connectivity index (χ2v) is 13.7. The number of anilines is 1. The van der Waals surface area contributed by atoms with Crippen LogP contribution in [0.5, 0.6) is 5.75 Å². The Bertz CT molecular complexity index is 1160. The number of carbonyl (C=O) groups is 1. The van der Waals surface area contributed by atoms with Crippen molar-refractivity contribution in [2.45, 2.75) is 77.2 Å². The third-order valence-corrected chi connectivity index (χ3v) is 11.0. The van der Waals surface area contributed by atoms with Crippen molar-refractivity contribution in [2.75, 3.05) is 18.6 Å². The average Bonchev–Trinajstić information content (AvgIpc) is 3.40. The minimum absolute atomic E-state index is 0.0122. The van der Waals surface area contributed by atoms with Crippen LogP contribution in [-0.4, -0.2) is 52.8 Å². The van der Waals surface area contributed by atoms with Crippen LogP contribution >= 0.6 is 23.1 Å². The molecule has 0 spiro atoms. The number of thioether (sulfide) groups is 1. The molecule has 4 fully saturated rings. The van der Waals surface area contributed by atoms with E-state index in [1.807, 2.05) is 24.8 Å². The molecule has 1 saturated heterocycles. The predicted molar refractivity (Wildman–Crippen MR) is 146 cm³/mol. The minimum atomic E-state index is -0.304. The Kier molecular flexibility index (Phi) is 6.94. The van der Waals surface area contributed by atoms with Crippen LogP contribution in [0.25, 0.3) is 0 Å². The number of ether oxygens (including phenoxy) is 1. The molecule has 1 aromatic carbocycles. The Morgan fingerprint density at radius 1 is 1.33 bits per heavy atom. The van der Waals surface area contributed by atoms with Gasteiger partial charge in [0.05, 0.1) is 24.4 Å². The molecule has 2 N–H and O–H groups in total. The van der Waals surface area contributed by atoms with Gasteiger partial charge in [-0.1, -0.05) is 31.3 Å². The maximum atomic E-state index is 12.4. The van der Waals surface area contributed by atoms with Crippen LogP contribution in [0.3, 0.4) is 0 Å². The van der Waals surface area contributed by atoms with Gasteiger partial charge in [-0.3, -0.25) is 4.79 Å². The van der Waals surface area contributed by atoms with E-state index in [0.717, 1.165) is 41.1 Å². The number of rotatable bonds is 9. The number of ketones is 1. The van der Waals surface area contributed by atoms with Crippen LogP contribution < -0.4 is 10.5 Å². The fourth-order valence-electron chi connectivity index (χ4n) is 6.73. The molecule has 3 saturated carbocycles.